The van der Waals surface area contributed by atoms with Crippen molar-refractivity contribution < 1.29 is 14.7 Å². The highest BCUT2D eigenvalue weighted by atomic mass is 32.2. The Bertz CT molecular complexity index is 638. The van der Waals surface area contributed by atoms with Crippen molar-refractivity contribution in [2.45, 2.75) is 18.2 Å². The van der Waals surface area contributed by atoms with Crippen molar-refractivity contribution in [1.29, 1.82) is 0 Å². The summed E-state index contributed by atoms with van der Waals surface area (Å²) in [6.45, 7) is 1.87. The van der Waals surface area contributed by atoms with Crippen LogP contribution in [0.5, 0.6) is 0 Å². The number of anilines is 1. The van der Waals surface area contributed by atoms with Gasteiger partial charge >= 0.3 is 5.97 Å². The van der Waals surface area contributed by atoms with Gasteiger partial charge in [-0.15, -0.1) is 23.1 Å². The number of thioether (sulfide) groups is 1. The van der Waals surface area contributed by atoms with Crippen molar-refractivity contribution in [2.24, 2.45) is 0 Å². The second-order valence-corrected chi connectivity index (χ2v) is 6.25. The molecule has 0 saturated heterocycles. The first kappa shape index (κ1) is 15.5. The van der Waals surface area contributed by atoms with Crippen molar-refractivity contribution in [3.8, 4) is 0 Å². The first-order valence-electron chi connectivity index (χ1n) is 6.18. The molecular weight excluding hydrogens is 308 g/mol. The predicted octanol–water partition coefficient (Wildman–Crippen LogP) is 2.81. The third-order valence-corrected chi connectivity index (χ3v) is 4.40. The number of hydrogen-bond donors (Lipinski definition) is 2. The minimum absolute atomic E-state index is 0.00876. The van der Waals surface area contributed by atoms with Crippen LogP contribution in [0.1, 0.15) is 11.3 Å². The summed E-state index contributed by atoms with van der Waals surface area (Å²) in [5, 5.41) is 13.9. The Balaban J connectivity index is 1.82. The van der Waals surface area contributed by atoms with E-state index in [9.17, 15) is 9.59 Å². The van der Waals surface area contributed by atoms with Crippen LogP contribution in [0, 0.1) is 6.92 Å². The van der Waals surface area contributed by atoms with Gasteiger partial charge in [0.1, 0.15) is 0 Å². The maximum absolute atomic E-state index is 11.8. The molecule has 110 valence electrons. The second-order valence-electron chi connectivity index (χ2n) is 4.35. The molecule has 0 radical (unpaired) electrons. The van der Waals surface area contributed by atoms with E-state index in [1.165, 1.54) is 23.1 Å². The van der Waals surface area contributed by atoms with Gasteiger partial charge in [0.15, 0.2) is 5.13 Å². The SMILES string of the molecule is Cc1csc(NC(=O)CSc2ccc(CC(=O)O)cc2)n1. The van der Waals surface area contributed by atoms with Crippen LogP contribution in [0.2, 0.25) is 0 Å². The molecule has 0 bridgehead atoms. The lowest BCUT2D eigenvalue weighted by atomic mass is 10.2. The lowest BCUT2D eigenvalue weighted by Crippen LogP contribution is -2.13. The number of aliphatic carboxylic acids is 1. The van der Waals surface area contributed by atoms with Gasteiger partial charge in [0, 0.05) is 10.3 Å². The van der Waals surface area contributed by atoms with Gasteiger partial charge in [-0.2, -0.15) is 0 Å². The van der Waals surface area contributed by atoms with Gasteiger partial charge in [-0.05, 0) is 24.6 Å². The first-order chi connectivity index (χ1) is 10.0. The van der Waals surface area contributed by atoms with Gasteiger partial charge in [-0.1, -0.05) is 12.1 Å². The van der Waals surface area contributed by atoms with Crippen LogP contribution < -0.4 is 5.32 Å². The smallest absolute Gasteiger partial charge is 0.307 e. The van der Waals surface area contributed by atoms with Gasteiger partial charge in [-0.3, -0.25) is 9.59 Å². The zero-order valence-corrected chi connectivity index (χ0v) is 13.0. The summed E-state index contributed by atoms with van der Waals surface area (Å²) in [6.07, 6.45) is 0.00876. The fraction of sp³-hybridized carbons (Fsp3) is 0.214. The maximum atomic E-state index is 11.8. The summed E-state index contributed by atoms with van der Waals surface area (Å²) in [6, 6.07) is 7.17. The highest BCUT2D eigenvalue weighted by molar-refractivity contribution is 8.00. The monoisotopic (exact) mass is 322 g/mol. The van der Waals surface area contributed by atoms with E-state index in [0.717, 1.165) is 16.2 Å². The van der Waals surface area contributed by atoms with E-state index in [1.807, 2.05) is 24.4 Å². The quantitative estimate of drug-likeness (QED) is 0.800. The molecule has 0 saturated carbocycles. The Morgan fingerprint density at radius 2 is 2.05 bits per heavy atom. The van der Waals surface area contributed by atoms with Gasteiger partial charge < -0.3 is 10.4 Å². The molecule has 1 aromatic carbocycles. The minimum Gasteiger partial charge on any atom is -0.481 e. The molecule has 0 fully saturated rings. The number of carboxylic acid groups (broad SMARTS) is 1. The normalized spacial score (nSPS) is 10.3. The maximum Gasteiger partial charge on any atom is 0.307 e. The summed E-state index contributed by atoms with van der Waals surface area (Å²) >= 11 is 2.80. The molecule has 0 aliphatic rings. The summed E-state index contributed by atoms with van der Waals surface area (Å²) in [5.41, 5.74) is 1.63. The van der Waals surface area contributed by atoms with Crippen LogP contribution in [-0.2, 0) is 16.0 Å². The third-order valence-electron chi connectivity index (χ3n) is 2.51. The van der Waals surface area contributed by atoms with Crippen molar-refractivity contribution >= 4 is 40.1 Å². The summed E-state index contributed by atoms with van der Waals surface area (Å²) in [5.74, 6) is -0.672. The molecule has 1 aromatic heterocycles. The van der Waals surface area contributed by atoms with Gasteiger partial charge in [0.25, 0.3) is 0 Å². The largest absolute Gasteiger partial charge is 0.481 e. The molecule has 0 aliphatic carbocycles. The zero-order valence-electron chi connectivity index (χ0n) is 11.3. The van der Waals surface area contributed by atoms with Crippen LogP contribution in [0.3, 0.4) is 0 Å². The number of amides is 1. The molecule has 1 heterocycles. The van der Waals surface area contributed by atoms with E-state index in [0.29, 0.717) is 5.13 Å². The fourth-order valence-electron chi connectivity index (χ4n) is 1.59. The number of thiazole rings is 1. The molecule has 0 atom stereocenters. The standard InChI is InChI=1S/C14H14N2O3S2/c1-9-7-21-14(15-9)16-12(17)8-20-11-4-2-10(3-5-11)6-13(18)19/h2-5,7H,6,8H2,1H3,(H,18,19)(H,15,16,17). The number of carbonyl (C=O) groups is 2. The Morgan fingerprint density at radius 1 is 1.33 bits per heavy atom. The Hall–Kier alpha value is -1.86. The van der Waals surface area contributed by atoms with Gasteiger partial charge in [0.05, 0.1) is 17.9 Å². The molecule has 2 aromatic rings. The van der Waals surface area contributed by atoms with Crippen LogP contribution in [0.15, 0.2) is 34.5 Å². The van der Waals surface area contributed by atoms with Crippen molar-refractivity contribution in [2.75, 3.05) is 11.1 Å². The molecule has 0 unspecified atom stereocenters. The topological polar surface area (TPSA) is 79.3 Å². The number of carboxylic acids is 1. The summed E-state index contributed by atoms with van der Waals surface area (Å²) in [4.78, 5) is 27.4. The number of nitrogens with one attached hydrogen (secondary N) is 1. The summed E-state index contributed by atoms with van der Waals surface area (Å²) < 4.78 is 0. The molecule has 21 heavy (non-hydrogen) atoms. The molecule has 5 nitrogen and oxygen atoms in total. The van der Waals surface area contributed by atoms with Crippen LogP contribution in [-0.4, -0.2) is 27.7 Å². The molecule has 0 spiro atoms. The number of nitrogens with zero attached hydrogens (tertiary/aromatic N) is 1. The molecule has 2 rings (SSSR count). The number of rotatable bonds is 6. The van der Waals surface area contributed by atoms with Gasteiger partial charge in [0.2, 0.25) is 5.91 Å². The average Bonchev–Trinajstić information content (AvgIpc) is 2.83. The second kappa shape index (κ2) is 7.24. The van der Waals surface area contributed by atoms with E-state index in [4.69, 9.17) is 5.11 Å². The molecule has 2 N–H and O–H groups in total. The third kappa shape index (κ3) is 5.20. The van der Waals surface area contributed by atoms with E-state index in [1.54, 1.807) is 12.1 Å². The highest BCUT2D eigenvalue weighted by Gasteiger charge is 2.06. The molecule has 7 heteroatoms. The van der Waals surface area contributed by atoms with E-state index in [2.05, 4.69) is 10.3 Å². The van der Waals surface area contributed by atoms with Crippen LogP contribution >= 0.6 is 23.1 Å². The molecular formula is C14H14N2O3S2. The highest BCUT2D eigenvalue weighted by Crippen LogP contribution is 2.20. The molecule has 1 amide bonds. The van der Waals surface area contributed by atoms with Crippen molar-refractivity contribution in [1.82, 2.24) is 4.98 Å². The number of aromatic nitrogens is 1. The number of aryl methyl sites for hydroxylation is 1. The van der Waals surface area contributed by atoms with Crippen LogP contribution in [0.25, 0.3) is 0 Å². The van der Waals surface area contributed by atoms with Gasteiger partial charge in [-0.25, -0.2) is 4.98 Å². The Kier molecular flexibility index (Phi) is 5.35. The lowest BCUT2D eigenvalue weighted by molar-refractivity contribution is -0.136. The number of hydrogen-bond acceptors (Lipinski definition) is 5. The number of carbonyl (C=O) groups excluding carboxylic acids is 1. The van der Waals surface area contributed by atoms with Crippen LogP contribution in [0.4, 0.5) is 5.13 Å². The van der Waals surface area contributed by atoms with Crippen molar-refractivity contribution in [3.05, 3.63) is 40.9 Å². The fourth-order valence-corrected chi connectivity index (χ4v) is 3.00. The van der Waals surface area contributed by atoms with Crippen molar-refractivity contribution in [3.63, 3.8) is 0 Å². The predicted molar refractivity (Wildman–Crippen MR) is 84.0 cm³/mol. The van der Waals surface area contributed by atoms with E-state index < -0.39 is 5.97 Å². The van der Waals surface area contributed by atoms with E-state index >= 15 is 0 Å². The Morgan fingerprint density at radius 3 is 2.62 bits per heavy atom. The van der Waals surface area contributed by atoms with E-state index in [-0.39, 0.29) is 18.1 Å². The number of benzene rings is 1. The Labute approximate surface area is 130 Å². The minimum atomic E-state index is -0.853. The zero-order chi connectivity index (χ0) is 15.2. The lowest BCUT2D eigenvalue weighted by Gasteiger charge is -2.03. The first-order valence-corrected chi connectivity index (χ1v) is 8.05. The molecule has 0 aliphatic heterocycles. The average molecular weight is 322 g/mol. The summed E-state index contributed by atoms with van der Waals surface area (Å²) in [7, 11) is 0.